The van der Waals surface area contributed by atoms with E-state index in [2.05, 4.69) is 26.8 Å². The highest BCUT2D eigenvalue weighted by atomic mass is 16.5. The van der Waals surface area contributed by atoms with Crippen LogP contribution in [0.5, 0.6) is 0 Å². The summed E-state index contributed by atoms with van der Waals surface area (Å²) in [7, 11) is 1.55. The van der Waals surface area contributed by atoms with Gasteiger partial charge in [-0.25, -0.2) is 0 Å². The Balaban J connectivity index is 1.43. The van der Waals surface area contributed by atoms with E-state index in [1.54, 1.807) is 53.3 Å². The molecule has 190 valence electrons. The smallest absolute Gasteiger partial charge is 0.255 e. The number of ether oxygens (including phenoxy) is 1. The van der Waals surface area contributed by atoms with Crippen LogP contribution < -0.4 is 16.2 Å². The van der Waals surface area contributed by atoms with Crippen LogP contribution in [0.25, 0.3) is 6.20 Å². The number of carbonyl (C=O) groups is 2. The highest BCUT2D eigenvalue weighted by Gasteiger charge is 2.17. The fourth-order valence-corrected chi connectivity index (χ4v) is 3.85. The minimum absolute atomic E-state index is 0.0823. The van der Waals surface area contributed by atoms with Gasteiger partial charge in [0.15, 0.2) is 0 Å². The van der Waals surface area contributed by atoms with Crippen molar-refractivity contribution in [1.29, 1.82) is 0 Å². The van der Waals surface area contributed by atoms with E-state index in [1.807, 2.05) is 24.4 Å². The SMILES string of the molecule is COCc1nn(CC2=CCC(=Cn3ccccc3=O)C=C2)cc1C(=O)NCc1cnccc1NC(C)=O. The molecule has 0 bridgehead atoms. The maximum atomic E-state index is 13.0. The summed E-state index contributed by atoms with van der Waals surface area (Å²) in [5.41, 5.74) is 4.18. The quantitative estimate of drug-likeness (QED) is 0.466. The van der Waals surface area contributed by atoms with Gasteiger partial charge in [0.1, 0.15) is 5.69 Å². The van der Waals surface area contributed by atoms with Gasteiger partial charge in [0.2, 0.25) is 5.91 Å². The van der Waals surface area contributed by atoms with E-state index in [1.165, 1.54) is 13.0 Å². The first kappa shape index (κ1) is 25.5. The van der Waals surface area contributed by atoms with E-state index in [9.17, 15) is 14.4 Å². The van der Waals surface area contributed by atoms with Crippen molar-refractivity contribution < 1.29 is 14.3 Å². The van der Waals surface area contributed by atoms with Gasteiger partial charge < -0.3 is 15.4 Å². The maximum Gasteiger partial charge on any atom is 0.255 e. The van der Waals surface area contributed by atoms with Crippen molar-refractivity contribution in [3.63, 3.8) is 0 Å². The number of nitrogens with one attached hydrogen (secondary N) is 2. The Hall–Kier alpha value is -4.57. The number of pyridine rings is 2. The lowest BCUT2D eigenvalue weighted by Crippen LogP contribution is -2.24. The topological polar surface area (TPSA) is 120 Å². The molecule has 37 heavy (non-hydrogen) atoms. The summed E-state index contributed by atoms with van der Waals surface area (Å²) in [6, 6.07) is 6.73. The Morgan fingerprint density at radius 3 is 2.81 bits per heavy atom. The molecule has 1 aliphatic carbocycles. The number of amides is 2. The van der Waals surface area contributed by atoms with Gasteiger partial charge in [-0.15, -0.1) is 0 Å². The average Bonchev–Trinajstić information content (AvgIpc) is 3.28. The molecule has 2 amide bonds. The zero-order valence-electron chi connectivity index (χ0n) is 20.7. The molecule has 2 N–H and O–H groups in total. The molecule has 0 unspecified atom stereocenters. The van der Waals surface area contributed by atoms with Gasteiger partial charge in [0, 0.05) is 68.9 Å². The van der Waals surface area contributed by atoms with Crippen LogP contribution >= 0.6 is 0 Å². The minimum Gasteiger partial charge on any atom is -0.378 e. The van der Waals surface area contributed by atoms with Gasteiger partial charge in [-0.05, 0) is 29.7 Å². The van der Waals surface area contributed by atoms with Crippen LogP contribution in [0, 0.1) is 0 Å². The van der Waals surface area contributed by atoms with Crippen molar-refractivity contribution in [2.45, 2.75) is 33.0 Å². The third kappa shape index (κ3) is 6.77. The number of aromatic nitrogens is 4. The van der Waals surface area contributed by atoms with Crippen molar-refractivity contribution in [3.05, 3.63) is 106 Å². The monoisotopic (exact) mass is 500 g/mol. The van der Waals surface area contributed by atoms with Gasteiger partial charge in [-0.3, -0.25) is 28.6 Å². The minimum atomic E-state index is -0.303. The normalized spacial score (nSPS) is 13.9. The molecule has 0 radical (unpaired) electrons. The molecule has 10 nitrogen and oxygen atoms in total. The largest absolute Gasteiger partial charge is 0.378 e. The molecule has 0 saturated carbocycles. The third-order valence-corrected chi connectivity index (χ3v) is 5.63. The number of hydrogen-bond acceptors (Lipinski definition) is 6. The first-order valence-corrected chi connectivity index (χ1v) is 11.7. The number of rotatable bonds is 9. The Bertz CT molecular complexity index is 1450. The zero-order valence-corrected chi connectivity index (χ0v) is 20.7. The number of allylic oxidation sites excluding steroid dienone is 5. The van der Waals surface area contributed by atoms with Gasteiger partial charge in [-0.2, -0.15) is 5.10 Å². The first-order valence-electron chi connectivity index (χ1n) is 11.7. The molecule has 1 aliphatic rings. The zero-order chi connectivity index (χ0) is 26.2. The van der Waals surface area contributed by atoms with E-state index in [4.69, 9.17) is 4.74 Å². The molecule has 4 rings (SSSR count). The van der Waals surface area contributed by atoms with Crippen LogP contribution in [-0.4, -0.2) is 38.3 Å². The van der Waals surface area contributed by atoms with Crippen molar-refractivity contribution in [2.75, 3.05) is 12.4 Å². The number of anilines is 1. The van der Waals surface area contributed by atoms with Gasteiger partial charge >= 0.3 is 0 Å². The molecular formula is C27H28N6O4. The average molecular weight is 501 g/mol. The van der Waals surface area contributed by atoms with Gasteiger partial charge in [0.25, 0.3) is 11.5 Å². The summed E-state index contributed by atoms with van der Waals surface area (Å²) in [4.78, 5) is 40.5. The summed E-state index contributed by atoms with van der Waals surface area (Å²) >= 11 is 0. The van der Waals surface area contributed by atoms with Crippen molar-refractivity contribution >= 4 is 23.7 Å². The second-order valence-electron chi connectivity index (χ2n) is 8.48. The fourth-order valence-electron chi connectivity index (χ4n) is 3.85. The van der Waals surface area contributed by atoms with Gasteiger partial charge in [0.05, 0.1) is 18.7 Å². The lowest BCUT2D eigenvalue weighted by molar-refractivity contribution is -0.114. The number of hydrogen-bond donors (Lipinski definition) is 2. The lowest BCUT2D eigenvalue weighted by atomic mass is 10.0. The van der Waals surface area contributed by atoms with Crippen LogP contribution in [0.4, 0.5) is 5.69 Å². The molecular weight excluding hydrogens is 472 g/mol. The second kappa shape index (κ2) is 11.9. The van der Waals surface area contributed by atoms with E-state index < -0.39 is 0 Å². The summed E-state index contributed by atoms with van der Waals surface area (Å²) in [6.07, 6.45) is 15.1. The lowest BCUT2D eigenvalue weighted by Gasteiger charge is -2.10. The third-order valence-electron chi connectivity index (χ3n) is 5.63. The fraction of sp³-hybridized carbons (Fsp3) is 0.222. The summed E-state index contributed by atoms with van der Waals surface area (Å²) in [6.45, 7) is 2.28. The van der Waals surface area contributed by atoms with Crippen molar-refractivity contribution in [3.8, 4) is 0 Å². The number of methoxy groups -OCH3 is 1. The van der Waals surface area contributed by atoms with E-state index in [-0.39, 0.29) is 30.5 Å². The van der Waals surface area contributed by atoms with Crippen LogP contribution in [0.2, 0.25) is 0 Å². The molecule has 0 aliphatic heterocycles. The van der Waals surface area contributed by atoms with Gasteiger partial charge in [-0.1, -0.05) is 24.3 Å². The second-order valence-corrected chi connectivity index (χ2v) is 8.48. The maximum absolute atomic E-state index is 13.0. The van der Waals surface area contributed by atoms with Crippen molar-refractivity contribution in [1.82, 2.24) is 24.6 Å². The predicted octanol–water partition coefficient (Wildman–Crippen LogP) is 2.90. The summed E-state index contributed by atoms with van der Waals surface area (Å²) in [5.74, 6) is -0.507. The van der Waals surface area contributed by atoms with Crippen LogP contribution in [0.15, 0.2) is 83.2 Å². The molecule has 10 heteroatoms. The molecule has 3 aromatic heterocycles. The molecule has 0 atom stereocenters. The van der Waals surface area contributed by atoms with Crippen LogP contribution in [0.1, 0.15) is 35.0 Å². The summed E-state index contributed by atoms with van der Waals surface area (Å²) in [5, 5.41) is 10.2. The Morgan fingerprint density at radius 2 is 2.08 bits per heavy atom. The molecule has 3 aromatic rings. The number of nitrogens with zero attached hydrogens (tertiary/aromatic N) is 4. The predicted molar refractivity (Wildman–Crippen MR) is 139 cm³/mol. The van der Waals surface area contributed by atoms with Crippen molar-refractivity contribution in [2.24, 2.45) is 0 Å². The summed E-state index contributed by atoms with van der Waals surface area (Å²) < 4.78 is 8.52. The van der Waals surface area contributed by atoms with Crippen LogP contribution in [0.3, 0.4) is 0 Å². The highest BCUT2D eigenvalue weighted by molar-refractivity contribution is 5.95. The first-order chi connectivity index (χ1) is 17.9. The van der Waals surface area contributed by atoms with Crippen LogP contribution in [-0.2, 0) is 29.2 Å². The Labute approximate surface area is 214 Å². The molecule has 0 spiro atoms. The molecule has 3 heterocycles. The Morgan fingerprint density at radius 1 is 1.22 bits per heavy atom. The van der Waals surface area contributed by atoms with E-state index in [0.717, 1.165) is 11.1 Å². The number of carbonyl (C=O) groups excluding carboxylic acids is 2. The molecule has 0 aromatic carbocycles. The molecule has 0 saturated heterocycles. The molecule has 0 fully saturated rings. The highest BCUT2D eigenvalue weighted by Crippen LogP contribution is 2.19. The standard InChI is InChI=1S/C27H28N6O4/c1-19(34)30-24-10-11-28-13-22(24)14-29-27(36)23-17-33(31-25(23)18-37-2)16-21-8-6-20(7-9-21)15-32-12-4-3-5-26(32)35/h3-6,8-13,15,17H,7,14,16,18H2,1-2H3,(H,29,36)(H,28,30,34). The van der Waals surface area contributed by atoms with E-state index >= 15 is 0 Å². The van der Waals surface area contributed by atoms with E-state index in [0.29, 0.717) is 35.5 Å². The Kier molecular flexibility index (Phi) is 8.22.